The average Bonchev–Trinajstić information content (AvgIpc) is 2.97. The van der Waals surface area contributed by atoms with E-state index in [4.69, 9.17) is 22.7 Å². The second-order valence-electron chi connectivity index (χ2n) is 5.92. The fraction of sp³-hybridized carbons (Fsp3) is 0.562. The number of nitrogens with zero attached hydrogens (tertiary/aromatic N) is 2. The van der Waals surface area contributed by atoms with Crippen molar-refractivity contribution in [3.63, 3.8) is 0 Å². The van der Waals surface area contributed by atoms with Gasteiger partial charge in [0.05, 0.1) is 13.2 Å². The summed E-state index contributed by atoms with van der Waals surface area (Å²) in [6.45, 7) is 8.06. The minimum absolute atomic E-state index is 0.486. The second kappa shape index (κ2) is 6.30. The Morgan fingerprint density at radius 1 is 1.29 bits per heavy atom. The summed E-state index contributed by atoms with van der Waals surface area (Å²) in [5.41, 5.74) is 9.33. The number of benzene rings is 1. The number of anilines is 1. The summed E-state index contributed by atoms with van der Waals surface area (Å²) in [6.07, 6.45) is 1.20. The summed E-state index contributed by atoms with van der Waals surface area (Å²) in [4.78, 5) is 5.47. The summed E-state index contributed by atoms with van der Waals surface area (Å²) in [6, 6.07) is 6.95. The maximum absolute atomic E-state index is 5.89. The van der Waals surface area contributed by atoms with Gasteiger partial charge in [0.15, 0.2) is 0 Å². The highest BCUT2D eigenvalue weighted by Crippen LogP contribution is 2.28. The Labute approximate surface area is 131 Å². The van der Waals surface area contributed by atoms with Gasteiger partial charge in [-0.25, -0.2) is 0 Å². The molecule has 2 N–H and O–H groups in total. The molecule has 4 nitrogen and oxygen atoms in total. The quantitative estimate of drug-likeness (QED) is 0.858. The van der Waals surface area contributed by atoms with Crippen molar-refractivity contribution in [3.05, 3.63) is 29.3 Å². The normalized spacial score (nSPS) is 23.5. The molecule has 1 unspecified atom stereocenters. The standard InChI is InChI=1S/C16H23N3OS/c1-12-2-3-14(16(17)21)15(10-12)19-5-4-13(11-19)18-6-8-20-9-7-18/h2-3,10,13H,4-9,11H2,1H3,(H2,17,21). The Bertz CT molecular complexity index is 528. The van der Waals surface area contributed by atoms with Gasteiger partial charge in [0.1, 0.15) is 4.99 Å². The summed E-state index contributed by atoms with van der Waals surface area (Å²) in [5, 5.41) is 0. The van der Waals surface area contributed by atoms with Crippen molar-refractivity contribution in [3.8, 4) is 0 Å². The molecule has 1 aromatic rings. The molecule has 2 saturated heterocycles. The smallest absolute Gasteiger partial charge is 0.106 e. The first kappa shape index (κ1) is 14.8. The fourth-order valence-electron chi connectivity index (χ4n) is 3.31. The van der Waals surface area contributed by atoms with Crippen LogP contribution >= 0.6 is 12.2 Å². The molecule has 0 bridgehead atoms. The highest BCUT2D eigenvalue weighted by molar-refractivity contribution is 7.80. The zero-order valence-electron chi connectivity index (χ0n) is 12.5. The van der Waals surface area contributed by atoms with Crippen LogP contribution in [0, 0.1) is 6.92 Å². The lowest BCUT2D eigenvalue weighted by molar-refractivity contribution is 0.0209. The average molecular weight is 305 g/mol. The van der Waals surface area contributed by atoms with Crippen molar-refractivity contribution in [2.75, 3.05) is 44.3 Å². The Morgan fingerprint density at radius 2 is 2.05 bits per heavy atom. The van der Waals surface area contributed by atoms with Gasteiger partial charge in [-0.3, -0.25) is 4.90 Å². The highest BCUT2D eigenvalue weighted by atomic mass is 32.1. The van der Waals surface area contributed by atoms with Gasteiger partial charge < -0.3 is 15.4 Å². The zero-order valence-corrected chi connectivity index (χ0v) is 13.4. The number of nitrogens with two attached hydrogens (primary N) is 1. The van der Waals surface area contributed by atoms with Crippen LogP contribution in [0.25, 0.3) is 0 Å². The lowest BCUT2D eigenvalue weighted by Gasteiger charge is -2.32. The van der Waals surface area contributed by atoms with Crippen molar-refractivity contribution >= 4 is 22.9 Å². The van der Waals surface area contributed by atoms with Gasteiger partial charge in [-0.05, 0) is 31.0 Å². The molecule has 2 heterocycles. The summed E-state index contributed by atoms with van der Waals surface area (Å²) < 4.78 is 5.45. The van der Waals surface area contributed by atoms with Crippen LogP contribution in [0.5, 0.6) is 0 Å². The molecule has 5 heteroatoms. The molecule has 0 aromatic heterocycles. The molecule has 2 aliphatic heterocycles. The lowest BCUT2D eigenvalue weighted by atomic mass is 10.1. The van der Waals surface area contributed by atoms with E-state index in [2.05, 4.69) is 34.9 Å². The molecule has 21 heavy (non-hydrogen) atoms. The van der Waals surface area contributed by atoms with Crippen LogP contribution in [0.2, 0.25) is 0 Å². The van der Waals surface area contributed by atoms with Crippen LogP contribution in [-0.2, 0) is 4.74 Å². The number of hydrogen-bond acceptors (Lipinski definition) is 4. The van der Waals surface area contributed by atoms with E-state index in [1.165, 1.54) is 17.7 Å². The first-order valence-electron chi connectivity index (χ1n) is 7.62. The molecule has 0 amide bonds. The van der Waals surface area contributed by atoms with Crippen LogP contribution in [0.4, 0.5) is 5.69 Å². The van der Waals surface area contributed by atoms with Gasteiger partial charge in [-0.15, -0.1) is 0 Å². The molecule has 3 rings (SSSR count). The van der Waals surface area contributed by atoms with Crippen LogP contribution in [0.1, 0.15) is 17.5 Å². The van der Waals surface area contributed by atoms with Crippen molar-refractivity contribution in [2.24, 2.45) is 5.73 Å². The number of aryl methyl sites for hydroxylation is 1. The van der Waals surface area contributed by atoms with E-state index in [0.29, 0.717) is 11.0 Å². The SMILES string of the molecule is Cc1ccc(C(N)=S)c(N2CCC(N3CCOCC3)C2)c1. The summed E-state index contributed by atoms with van der Waals surface area (Å²) >= 11 is 5.21. The van der Waals surface area contributed by atoms with Gasteiger partial charge >= 0.3 is 0 Å². The monoisotopic (exact) mass is 305 g/mol. The largest absolute Gasteiger partial charge is 0.389 e. The van der Waals surface area contributed by atoms with E-state index in [1.807, 2.05) is 0 Å². The van der Waals surface area contributed by atoms with Gasteiger partial charge in [-0.2, -0.15) is 0 Å². The number of rotatable bonds is 3. The predicted octanol–water partition coefficient (Wildman–Crippen LogP) is 1.54. The number of thiocarbonyl (C=S) groups is 1. The molecule has 2 aliphatic rings. The second-order valence-corrected chi connectivity index (χ2v) is 6.36. The van der Waals surface area contributed by atoms with Gasteiger partial charge in [0.2, 0.25) is 0 Å². The Morgan fingerprint density at radius 3 is 2.76 bits per heavy atom. The Balaban J connectivity index is 1.76. The number of ether oxygens (including phenoxy) is 1. The maximum atomic E-state index is 5.89. The van der Waals surface area contributed by atoms with Crippen LogP contribution in [0.3, 0.4) is 0 Å². The number of hydrogen-bond donors (Lipinski definition) is 1. The van der Waals surface area contributed by atoms with Gasteiger partial charge in [0, 0.05) is 43.5 Å². The zero-order chi connectivity index (χ0) is 14.8. The van der Waals surface area contributed by atoms with Crippen LogP contribution in [0.15, 0.2) is 18.2 Å². The molecule has 1 atom stereocenters. The van der Waals surface area contributed by atoms with Crippen molar-refractivity contribution in [2.45, 2.75) is 19.4 Å². The molecular weight excluding hydrogens is 282 g/mol. The highest BCUT2D eigenvalue weighted by Gasteiger charge is 2.29. The van der Waals surface area contributed by atoms with Gasteiger partial charge in [-0.1, -0.05) is 18.3 Å². The minimum atomic E-state index is 0.486. The first-order valence-corrected chi connectivity index (χ1v) is 8.03. The molecule has 0 spiro atoms. The molecule has 1 aromatic carbocycles. The third-order valence-corrected chi connectivity index (χ3v) is 4.70. The van der Waals surface area contributed by atoms with E-state index < -0.39 is 0 Å². The van der Waals surface area contributed by atoms with E-state index in [0.717, 1.165) is 45.0 Å². The topological polar surface area (TPSA) is 41.7 Å². The fourth-order valence-corrected chi connectivity index (χ4v) is 3.49. The molecular formula is C16H23N3OS. The lowest BCUT2D eigenvalue weighted by Crippen LogP contribution is -2.44. The van der Waals surface area contributed by atoms with E-state index in [-0.39, 0.29) is 0 Å². The summed E-state index contributed by atoms with van der Waals surface area (Å²) in [5.74, 6) is 0. The van der Waals surface area contributed by atoms with Crippen LogP contribution < -0.4 is 10.6 Å². The Hall–Kier alpha value is -1.17. The molecule has 114 valence electrons. The summed E-state index contributed by atoms with van der Waals surface area (Å²) in [7, 11) is 0. The Kier molecular flexibility index (Phi) is 4.42. The van der Waals surface area contributed by atoms with E-state index >= 15 is 0 Å². The third-order valence-electron chi connectivity index (χ3n) is 4.48. The predicted molar refractivity (Wildman–Crippen MR) is 90.1 cm³/mol. The third kappa shape index (κ3) is 3.20. The molecule has 0 saturated carbocycles. The molecule has 0 radical (unpaired) electrons. The number of morpholine rings is 1. The van der Waals surface area contributed by atoms with Gasteiger partial charge in [0.25, 0.3) is 0 Å². The molecule has 0 aliphatic carbocycles. The van der Waals surface area contributed by atoms with Crippen LogP contribution in [-0.4, -0.2) is 55.3 Å². The van der Waals surface area contributed by atoms with Crippen molar-refractivity contribution < 1.29 is 4.74 Å². The van der Waals surface area contributed by atoms with Crippen molar-refractivity contribution in [1.29, 1.82) is 0 Å². The van der Waals surface area contributed by atoms with E-state index in [9.17, 15) is 0 Å². The minimum Gasteiger partial charge on any atom is -0.389 e. The molecule has 2 fully saturated rings. The maximum Gasteiger partial charge on any atom is 0.106 e. The van der Waals surface area contributed by atoms with E-state index in [1.54, 1.807) is 0 Å². The first-order chi connectivity index (χ1) is 10.1. The van der Waals surface area contributed by atoms with Crippen molar-refractivity contribution in [1.82, 2.24) is 4.90 Å².